The largest absolute Gasteiger partial charge is 0.349 e. The Morgan fingerprint density at radius 1 is 1.36 bits per heavy atom. The Hall–Kier alpha value is -2.48. The van der Waals surface area contributed by atoms with Gasteiger partial charge in [-0.1, -0.05) is 0 Å². The molecule has 0 radical (unpaired) electrons. The van der Waals surface area contributed by atoms with Crippen LogP contribution in [0.4, 0.5) is 0 Å². The molecule has 148 valence electrons. The van der Waals surface area contributed by atoms with Crippen molar-refractivity contribution in [3.05, 3.63) is 44.6 Å². The summed E-state index contributed by atoms with van der Waals surface area (Å²) in [6, 6.07) is -0.123. The van der Waals surface area contributed by atoms with Crippen molar-refractivity contribution >= 4 is 27.5 Å². The highest BCUT2D eigenvalue weighted by Crippen LogP contribution is 2.33. The molecule has 0 bridgehead atoms. The average Bonchev–Trinajstić information content (AvgIpc) is 3.20. The Morgan fingerprint density at radius 3 is 2.89 bits per heavy atom. The van der Waals surface area contributed by atoms with Crippen LogP contribution >= 0.6 is 11.3 Å². The zero-order valence-corrected chi connectivity index (χ0v) is 17.3. The third-order valence-electron chi connectivity index (χ3n) is 5.42. The van der Waals surface area contributed by atoms with Gasteiger partial charge in [0.25, 0.3) is 5.56 Å². The van der Waals surface area contributed by atoms with Crippen molar-refractivity contribution < 1.29 is 4.79 Å². The van der Waals surface area contributed by atoms with Crippen LogP contribution in [0.2, 0.25) is 0 Å². The second-order valence-electron chi connectivity index (χ2n) is 7.52. The van der Waals surface area contributed by atoms with Crippen LogP contribution in [-0.4, -0.2) is 25.2 Å². The molecule has 1 aliphatic rings. The fourth-order valence-electron chi connectivity index (χ4n) is 4.00. The van der Waals surface area contributed by atoms with Crippen molar-refractivity contribution in [2.45, 2.75) is 58.5 Å². The molecule has 0 fully saturated rings. The second-order valence-corrected chi connectivity index (χ2v) is 8.60. The van der Waals surface area contributed by atoms with Crippen LogP contribution in [0, 0.1) is 6.92 Å². The molecule has 28 heavy (non-hydrogen) atoms. The van der Waals surface area contributed by atoms with Crippen molar-refractivity contribution in [1.29, 1.82) is 0 Å². The molecule has 3 aromatic heterocycles. The first kappa shape index (κ1) is 18.9. The van der Waals surface area contributed by atoms with Crippen LogP contribution in [-0.2, 0) is 31.2 Å². The Balaban J connectivity index is 1.46. The van der Waals surface area contributed by atoms with Crippen LogP contribution in [0.1, 0.15) is 53.9 Å². The molecule has 0 saturated heterocycles. The van der Waals surface area contributed by atoms with Crippen LogP contribution in [0.15, 0.2) is 17.3 Å². The van der Waals surface area contributed by atoms with E-state index in [0.29, 0.717) is 6.54 Å². The number of carbonyl (C=O) groups is 1. The van der Waals surface area contributed by atoms with Crippen molar-refractivity contribution in [3.8, 4) is 0 Å². The van der Waals surface area contributed by atoms with Crippen molar-refractivity contribution in [2.24, 2.45) is 7.05 Å². The molecule has 1 N–H and O–H groups in total. The van der Waals surface area contributed by atoms with Crippen LogP contribution < -0.4 is 10.9 Å². The molecular weight excluding hydrogens is 374 g/mol. The van der Waals surface area contributed by atoms with E-state index in [1.165, 1.54) is 16.9 Å². The summed E-state index contributed by atoms with van der Waals surface area (Å²) in [7, 11) is 1.86. The molecule has 0 aromatic carbocycles. The van der Waals surface area contributed by atoms with Crippen LogP contribution in [0.3, 0.4) is 0 Å². The van der Waals surface area contributed by atoms with Crippen molar-refractivity contribution in [2.75, 3.05) is 0 Å². The number of hydrogen-bond acceptors (Lipinski definition) is 5. The van der Waals surface area contributed by atoms with E-state index >= 15 is 0 Å². The lowest BCUT2D eigenvalue weighted by Gasteiger charge is -2.14. The molecule has 3 heterocycles. The maximum Gasteiger partial charge on any atom is 0.262 e. The predicted molar refractivity (Wildman–Crippen MR) is 110 cm³/mol. The van der Waals surface area contributed by atoms with Gasteiger partial charge in [0.05, 0.1) is 23.4 Å². The number of fused-ring (bicyclic) bond motifs is 3. The minimum Gasteiger partial charge on any atom is -0.349 e. The van der Waals surface area contributed by atoms with E-state index in [4.69, 9.17) is 0 Å². The third-order valence-corrected chi connectivity index (χ3v) is 6.62. The number of aryl methyl sites for hydroxylation is 5. The van der Waals surface area contributed by atoms with Gasteiger partial charge >= 0.3 is 0 Å². The van der Waals surface area contributed by atoms with Gasteiger partial charge in [-0.3, -0.25) is 18.8 Å². The van der Waals surface area contributed by atoms with Crippen molar-refractivity contribution in [1.82, 2.24) is 24.6 Å². The van der Waals surface area contributed by atoms with Gasteiger partial charge in [0.15, 0.2) is 0 Å². The van der Waals surface area contributed by atoms with E-state index in [1.807, 2.05) is 27.1 Å². The van der Waals surface area contributed by atoms with Gasteiger partial charge in [-0.05, 0) is 45.1 Å². The van der Waals surface area contributed by atoms with Crippen molar-refractivity contribution in [3.63, 3.8) is 0 Å². The number of aromatic nitrogens is 4. The van der Waals surface area contributed by atoms with Crippen LogP contribution in [0.5, 0.6) is 0 Å². The summed E-state index contributed by atoms with van der Waals surface area (Å²) in [6.45, 7) is 4.20. The van der Waals surface area contributed by atoms with E-state index in [9.17, 15) is 9.59 Å². The average molecular weight is 400 g/mol. The standard InChI is InChI=1S/C20H25N5O2S/c1-12(15-10-24(3)23-13(15)2)22-17(26)8-9-25-11-21-19-18(20(25)27)14-6-4-5-7-16(14)28-19/h10-12H,4-9H2,1-3H3,(H,22,26). The molecule has 0 spiro atoms. The molecule has 1 aliphatic carbocycles. The highest BCUT2D eigenvalue weighted by molar-refractivity contribution is 7.18. The zero-order chi connectivity index (χ0) is 19.8. The lowest BCUT2D eigenvalue weighted by Crippen LogP contribution is -2.29. The highest BCUT2D eigenvalue weighted by Gasteiger charge is 2.20. The number of amides is 1. The molecule has 4 rings (SSSR count). The maximum atomic E-state index is 13.0. The Labute approximate surface area is 167 Å². The maximum absolute atomic E-state index is 13.0. The van der Waals surface area contributed by atoms with E-state index in [-0.39, 0.29) is 23.9 Å². The highest BCUT2D eigenvalue weighted by atomic mass is 32.1. The number of nitrogens with one attached hydrogen (secondary N) is 1. The predicted octanol–water partition coefficient (Wildman–Crippen LogP) is 2.65. The monoisotopic (exact) mass is 399 g/mol. The number of nitrogens with zero attached hydrogens (tertiary/aromatic N) is 4. The van der Waals surface area contributed by atoms with Crippen LogP contribution in [0.25, 0.3) is 10.2 Å². The van der Waals surface area contributed by atoms with Gasteiger partial charge in [0.2, 0.25) is 5.91 Å². The summed E-state index contributed by atoms with van der Waals surface area (Å²) in [4.78, 5) is 32.0. The Morgan fingerprint density at radius 2 is 2.14 bits per heavy atom. The van der Waals surface area contributed by atoms with E-state index in [0.717, 1.165) is 40.7 Å². The first-order valence-electron chi connectivity index (χ1n) is 9.73. The van der Waals surface area contributed by atoms with E-state index < -0.39 is 0 Å². The molecule has 7 nitrogen and oxygen atoms in total. The Kier molecular flexibility index (Phi) is 5.05. The molecule has 3 aromatic rings. The summed E-state index contributed by atoms with van der Waals surface area (Å²) in [5, 5.41) is 8.08. The summed E-state index contributed by atoms with van der Waals surface area (Å²) in [6.07, 6.45) is 8.05. The normalized spacial score (nSPS) is 14.8. The molecule has 1 unspecified atom stereocenters. The molecular formula is C20H25N5O2S. The zero-order valence-electron chi connectivity index (χ0n) is 16.5. The molecule has 0 aliphatic heterocycles. The summed E-state index contributed by atoms with van der Waals surface area (Å²) < 4.78 is 3.32. The van der Waals surface area contributed by atoms with Gasteiger partial charge < -0.3 is 5.32 Å². The van der Waals surface area contributed by atoms with Gasteiger partial charge in [-0.2, -0.15) is 5.10 Å². The number of thiophene rings is 1. The lowest BCUT2D eigenvalue weighted by molar-refractivity contribution is -0.121. The van der Waals surface area contributed by atoms with Gasteiger partial charge in [-0.25, -0.2) is 4.98 Å². The Bertz CT molecular complexity index is 1090. The number of hydrogen-bond donors (Lipinski definition) is 1. The minimum absolute atomic E-state index is 0.0200. The smallest absolute Gasteiger partial charge is 0.262 e. The minimum atomic E-state index is -0.123. The van der Waals surface area contributed by atoms with E-state index in [2.05, 4.69) is 15.4 Å². The topological polar surface area (TPSA) is 81.8 Å². The third kappa shape index (κ3) is 3.48. The molecule has 0 saturated carbocycles. The molecule has 1 atom stereocenters. The fourth-order valence-corrected chi connectivity index (χ4v) is 5.22. The van der Waals surface area contributed by atoms with Gasteiger partial charge in [-0.15, -0.1) is 11.3 Å². The van der Waals surface area contributed by atoms with Gasteiger partial charge in [0, 0.05) is 36.7 Å². The quantitative estimate of drug-likeness (QED) is 0.715. The molecule has 8 heteroatoms. The summed E-state index contributed by atoms with van der Waals surface area (Å²) >= 11 is 1.64. The fraction of sp³-hybridized carbons (Fsp3) is 0.500. The summed E-state index contributed by atoms with van der Waals surface area (Å²) in [5.41, 5.74) is 3.07. The van der Waals surface area contributed by atoms with Gasteiger partial charge in [0.1, 0.15) is 4.83 Å². The lowest BCUT2D eigenvalue weighted by atomic mass is 9.97. The summed E-state index contributed by atoms with van der Waals surface area (Å²) in [5.74, 6) is -0.0879. The SMILES string of the molecule is Cc1nn(C)cc1C(C)NC(=O)CCn1cnc2sc3c(c2c1=O)CCCC3. The van der Waals surface area contributed by atoms with E-state index in [1.54, 1.807) is 26.9 Å². The first-order chi connectivity index (χ1) is 13.4. The second kappa shape index (κ2) is 7.50. The first-order valence-corrected chi connectivity index (χ1v) is 10.5. The molecule has 1 amide bonds. The number of rotatable bonds is 5. The number of carbonyl (C=O) groups excluding carboxylic acids is 1.